The first-order chi connectivity index (χ1) is 13.9. The predicted molar refractivity (Wildman–Crippen MR) is 113 cm³/mol. The summed E-state index contributed by atoms with van der Waals surface area (Å²) in [5.41, 5.74) is 1.77. The SMILES string of the molecule is COC(=O)c1c(C)c(C(=O)[C@@H](C)N(Cc2ccco2)C(=O)CC(C)(C)C)c(C)n1C. The summed E-state index contributed by atoms with van der Waals surface area (Å²) < 4.78 is 12.0. The third kappa shape index (κ3) is 4.83. The second-order valence-electron chi connectivity index (χ2n) is 8.86. The fourth-order valence-corrected chi connectivity index (χ4v) is 3.64. The van der Waals surface area contributed by atoms with Gasteiger partial charge in [0.1, 0.15) is 11.5 Å². The molecule has 0 aliphatic heterocycles. The van der Waals surface area contributed by atoms with Crippen molar-refractivity contribution in [3.05, 3.63) is 46.7 Å². The van der Waals surface area contributed by atoms with E-state index in [9.17, 15) is 14.4 Å². The summed E-state index contributed by atoms with van der Waals surface area (Å²) in [5.74, 6) is -0.238. The van der Waals surface area contributed by atoms with Crippen LogP contribution in [-0.2, 0) is 23.1 Å². The van der Waals surface area contributed by atoms with Gasteiger partial charge in [-0.2, -0.15) is 0 Å². The minimum absolute atomic E-state index is 0.126. The molecule has 0 N–H and O–H groups in total. The average molecular weight is 417 g/mol. The molecule has 0 bridgehead atoms. The van der Waals surface area contributed by atoms with Crippen molar-refractivity contribution in [3.63, 3.8) is 0 Å². The summed E-state index contributed by atoms with van der Waals surface area (Å²) >= 11 is 0. The van der Waals surface area contributed by atoms with Crippen LogP contribution >= 0.6 is 0 Å². The highest BCUT2D eigenvalue weighted by Crippen LogP contribution is 2.27. The fourth-order valence-electron chi connectivity index (χ4n) is 3.64. The lowest BCUT2D eigenvalue weighted by atomic mass is 9.91. The van der Waals surface area contributed by atoms with Crippen LogP contribution in [0.1, 0.15) is 72.0 Å². The maximum atomic E-state index is 13.5. The minimum Gasteiger partial charge on any atom is -0.467 e. The Morgan fingerprint density at radius 2 is 1.87 bits per heavy atom. The lowest BCUT2D eigenvalue weighted by molar-refractivity contribution is -0.135. The van der Waals surface area contributed by atoms with E-state index in [0.717, 1.165) is 0 Å². The molecule has 1 atom stereocenters. The highest BCUT2D eigenvalue weighted by Gasteiger charge is 2.33. The van der Waals surface area contributed by atoms with Gasteiger partial charge < -0.3 is 18.6 Å². The summed E-state index contributed by atoms with van der Waals surface area (Å²) in [4.78, 5) is 40.4. The van der Waals surface area contributed by atoms with Crippen molar-refractivity contribution < 1.29 is 23.5 Å². The van der Waals surface area contributed by atoms with Crippen LogP contribution in [0.15, 0.2) is 22.8 Å². The zero-order valence-electron chi connectivity index (χ0n) is 19.2. The Kier molecular flexibility index (Phi) is 6.95. The molecule has 0 unspecified atom stereocenters. The van der Waals surface area contributed by atoms with Crippen LogP contribution in [-0.4, -0.2) is 40.3 Å². The highest BCUT2D eigenvalue weighted by atomic mass is 16.5. The number of ether oxygens (including phenoxy) is 1. The molecular formula is C23H32N2O5. The van der Waals surface area contributed by atoms with Crippen molar-refractivity contribution >= 4 is 17.7 Å². The molecule has 0 radical (unpaired) electrons. The molecule has 0 aliphatic rings. The van der Waals surface area contributed by atoms with Crippen molar-refractivity contribution in [1.82, 2.24) is 9.47 Å². The highest BCUT2D eigenvalue weighted by molar-refractivity contribution is 6.06. The number of amides is 1. The number of hydrogen-bond donors (Lipinski definition) is 0. The van der Waals surface area contributed by atoms with E-state index in [0.29, 0.717) is 34.7 Å². The van der Waals surface area contributed by atoms with E-state index in [4.69, 9.17) is 9.15 Å². The van der Waals surface area contributed by atoms with E-state index in [1.165, 1.54) is 7.11 Å². The van der Waals surface area contributed by atoms with Gasteiger partial charge in [-0.1, -0.05) is 20.8 Å². The Labute approximate surface area is 178 Å². The third-order valence-corrected chi connectivity index (χ3v) is 5.31. The predicted octanol–water partition coefficient (Wildman–Crippen LogP) is 4.06. The van der Waals surface area contributed by atoms with Gasteiger partial charge in [0.2, 0.25) is 5.91 Å². The molecule has 2 aromatic heterocycles. The van der Waals surface area contributed by atoms with Gasteiger partial charge in [-0.15, -0.1) is 0 Å². The molecule has 7 nitrogen and oxygen atoms in total. The van der Waals surface area contributed by atoms with Crippen molar-refractivity contribution in [2.24, 2.45) is 12.5 Å². The second kappa shape index (κ2) is 8.90. The summed E-state index contributed by atoms with van der Waals surface area (Å²) in [6, 6.07) is 2.81. The van der Waals surface area contributed by atoms with Crippen molar-refractivity contribution in [1.29, 1.82) is 0 Å². The van der Waals surface area contributed by atoms with Gasteiger partial charge in [0.05, 0.1) is 26.0 Å². The van der Waals surface area contributed by atoms with Crippen LogP contribution in [0.25, 0.3) is 0 Å². The monoisotopic (exact) mass is 416 g/mol. The molecule has 2 heterocycles. The van der Waals surface area contributed by atoms with Crippen LogP contribution in [0.2, 0.25) is 0 Å². The van der Waals surface area contributed by atoms with Gasteiger partial charge in [-0.25, -0.2) is 4.79 Å². The van der Waals surface area contributed by atoms with Gasteiger partial charge in [0, 0.05) is 24.7 Å². The maximum Gasteiger partial charge on any atom is 0.354 e. The van der Waals surface area contributed by atoms with Gasteiger partial charge >= 0.3 is 5.97 Å². The van der Waals surface area contributed by atoms with Crippen LogP contribution < -0.4 is 0 Å². The molecular weight excluding hydrogens is 384 g/mol. The topological polar surface area (TPSA) is 81.8 Å². The average Bonchev–Trinajstić information content (AvgIpc) is 3.23. The van der Waals surface area contributed by atoms with Crippen LogP contribution in [0.3, 0.4) is 0 Å². The number of hydrogen-bond acceptors (Lipinski definition) is 5. The molecule has 0 fully saturated rings. The van der Waals surface area contributed by atoms with Gasteiger partial charge in [0.25, 0.3) is 0 Å². The van der Waals surface area contributed by atoms with Crippen molar-refractivity contribution in [2.75, 3.05) is 7.11 Å². The molecule has 0 spiro atoms. The summed E-state index contributed by atoms with van der Waals surface area (Å²) in [7, 11) is 3.03. The molecule has 0 aromatic carbocycles. The summed E-state index contributed by atoms with van der Waals surface area (Å²) in [6.07, 6.45) is 1.84. The Hall–Kier alpha value is -2.83. The number of methoxy groups -OCH3 is 1. The Morgan fingerprint density at radius 3 is 2.37 bits per heavy atom. The van der Waals surface area contributed by atoms with E-state index < -0.39 is 12.0 Å². The molecule has 0 saturated carbocycles. The smallest absolute Gasteiger partial charge is 0.354 e. The number of ketones is 1. The lowest BCUT2D eigenvalue weighted by Gasteiger charge is -2.30. The fraction of sp³-hybridized carbons (Fsp3) is 0.522. The third-order valence-electron chi connectivity index (χ3n) is 5.31. The number of aromatic nitrogens is 1. The zero-order chi connectivity index (χ0) is 22.8. The largest absolute Gasteiger partial charge is 0.467 e. The van der Waals surface area contributed by atoms with E-state index >= 15 is 0 Å². The number of carbonyl (C=O) groups excluding carboxylic acids is 3. The first-order valence-corrected chi connectivity index (χ1v) is 9.99. The number of rotatable bonds is 7. The van der Waals surface area contributed by atoms with E-state index in [-0.39, 0.29) is 23.7 Å². The second-order valence-corrected chi connectivity index (χ2v) is 8.86. The number of furan rings is 1. The molecule has 164 valence electrons. The molecule has 7 heteroatoms. The van der Waals surface area contributed by atoms with Gasteiger partial charge in [-0.3, -0.25) is 9.59 Å². The summed E-state index contributed by atoms with van der Waals surface area (Å²) in [6.45, 7) is 11.4. The standard InChI is InChI=1S/C23H32N2O5/c1-14-19(15(2)24(7)20(14)22(28)29-8)21(27)16(3)25(13-17-10-9-11-30-17)18(26)12-23(4,5)6/h9-11,16H,12-13H2,1-8H3/t16-/m1/s1. The van der Waals surface area contributed by atoms with E-state index in [2.05, 4.69) is 0 Å². The van der Waals surface area contributed by atoms with Crippen molar-refractivity contribution in [3.8, 4) is 0 Å². The van der Waals surface area contributed by atoms with Gasteiger partial charge in [0.15, 0.2) is 5.78 Å². The first kappa shape index (κ1) is 23.4. The molecule has 1 amide bonds. The quantitative estimate of drug-likeness (QED) is 0.502. The van der Waals surface area contributed by atoms with Crippen LogP contribution in [0.5, 0.6) is 0 Å². The number of carbonyl (C=O) groups is 3. The van der Waals surface area contributed by atoms with Gasteiger partial charge in [-0.05, 0) is 43.9 Å². The van der Waals surface area contributed by atoms with Crippen LogP contribution in [0, 0.1) is 19.3 Å². The molecule has 0 aliphatic carbocycles. The Morgan fingerprint density at radius 1 is 1.23 bits per heavy atom. The zero-order valence-corrected chi connectivity index (χ0v) is 19.2. The molecule has 30 heavy (non-hydrogen) atoms. The van der Waals surface area contributed by atoms with Crippen molar-refractivity contribution in [2.45, 2.75) is 60.5 Å². The van der Waals surface area contributed by atoms with E-state index in [1.54, 1.807) is 55.7 Å². The molecule has 2 aromatic rings. The Balaban J connectivity index is 2.44. The lowest BCUT2D eigenvalue weighted by Crippen LogP contribution is -2.44. The molecule has 2 rings (SSSR count). The number of nitrogens with zero attached hydrogens (tertiary/aromatic N) is 2. The Bertz CT molecular complexity index is 932. The minimum atomic E-state index is -0.727. The number of esters is 1. The first-order valence-electron chi connectivity index (χ1n) is 9.99. The van der Waals surface area contributed by atoms with E-state index in [1.807, 2.05) is 20.8 Å². The van der Waals surface area contributed by atoms with Crippen LogP contribution in [0.4, 0.5) is 0 Å². The molecule has 0 saturated heterocycles. The summed E-state index contributed by atoms with van der Waals surface area (Å²) in [5, 5.41) is 0. The normalized spacial score (nSPS) is 12.5. The maximum absolute atomic E-state index is 13.5. The number of Topliss-reactive ketones (excluding diaryl/α,β-unsaturated/α-hetero) is 1.